The third-order valence-electron chi connectivity index (χ3n) is 2.83. The zero-order chi connectivity index (χ0) is 10.9. The average molecular weight is 224 g/mol. The van der Waals surface area contributed by atoms with E-state index in [0.717, 1.165) is 24.2 Å². The van der Waals surface area contributed by atoms with Gasteiger partial charge in [0.1, 0.15) is 5.75 Å². The molecule has 1 saturated carbocycles. The maximum absolute atomic E-state index is 9.90. The number of aliphatic hydroxyl groups is 1. The Morgan fingerprint density at radius 3 is 2.73 bits per heavy atom. The SMILES string of the molecule is COc1ccc(SC)cc1CC1(O)CC1. The number of hydrogen-bond donors (Lipinski definition) is 1. The molecule has 0 aromatic heterocycles. The lowest BCUT2D eigenvalue weighted by Gasteiger charge is -2.13. The molecule has 1 aliphatic rings. The first-order chi connectivity index (χ1) is 7.17. The molecule has 0 unspecified atom stereocenters. The third-order valence-corrected chi connectivity index (χ3v) is 3.56. The molecule has 0 radical (unpaired) electrons. The summed E-state index contributed by atoms with van der Waals surface area (Å²) in [4.78, 5) is 1.22. The van der Waals surface area contributed by atoms with Gasteiger partial charge in [0.25, 0.3) is 0 Å². The maximum Gasteiger partial charge on any atom is 0.122 e. The second-order valence-corrected chi connectivity index (χ2v) is 4.96. The van der Waals surface area contributed by atoms with Crippen molar-refractivity contribution in [3.63, 3.8) is 0 Å². The van der Waals surface area contributed by atoms with Crippen LogP contribution < -0.4 is 4.74 Å². The maximum atomic E-state index is 9.90. The summed E-state index contributed by atoms with van der Waals surface area (Å²) in [6, 6.07) is 6.14. The van der Waals surface area contributed by atoms with E-state index in [2.05, 4.69) is 12.3 Å². The Bertz CT molecular complexity index is 359. The normalized spacial score (nSPS) is 17.5. The van der Waals surface area contributed by atoms with Crippen molar-refractivity contribution < 1.29 is 9.84 Å². The Morgan fingerprint density at radius 2 is 2.20 bits per heavy atom. The van der Waals surface area contributed by atoms with Crippen molar-refractivity contribution in [2.45, 2.75) is 29.8 Å². The van der Waals surface area contributed by atoms with E-state index in [1.54, 1.807) is 18.9 Å². The number of ether oxygens (including phenoxy) is 1. The topological polar surface area (TPSA) is 29.5 Å². The third kappa shape index (κ3) is 2.47. The standard InChI is InChI=1S/C12H16O2S/c1-14-11-4-3-10(15-2)7-9(11)8-12(13)5-6-12/h3-4,7,13H,5-6,8H2,1-2H3. The molecule has 2 rings (SSSR count). The minimum Gasteiger partial charge on any atom is -0.496 e. The Morgan fingerprint density at radius 1 is 1.47 bits per heavy atom. The molecule has 1 aromatic rings. The number of methoxy groups -OCH3 is 1. The van der Waals surface area contributed by atoms with Gasteiger partial charge >= 0.3 is 0 Å². The minimum absolute atomic E-state index is 0.454. The molecule has 0 spiro atoms. The van der Waals surface area contributed by atoms with Crippen LogP contribution in [0.5, 0.6) is 5.75 Å². The van der Waals surface area contributed by atoms with Crippen molar-refractivity contribution >= 4 is 11.8 Å². The van der Waals surface area contributed by atoms with Gasteiger partial charge in [0.15, 0.2) is 0 Å². The summed E-state index contributed by atoms with van der Waals surface area (Å²) in [6.07, 6.45) is 4.60. The molecule has 1 fully saturated rings. The second-order valence-electron chi connectivity index (χ2n) is 4.08. The summed E-state index contributed by atoms with van der Waals surface area (Å²) >= 11 is 1.71. The van der Waals surface area contributed by atoms with Crippen LogP contribution in [0.25, 0.3) is 0 Å². The van der Waals surface area contributed by atoms with Gasteiger partial charge in [-0.25, -0.2) is 0 Å². The number of thioether (sulfide) groups is 1. The van der Waals surface area contributed by atoms with Crippen LogP contribution in [0.2, 0.25) is 0 Å². The first kappa shape index (κ1) is 10.8. The molecule has 1 N–H and O–H groups in total. The van der Waals surface area contributed by atoms with Crippen molar-refractivity contribution in [3.05, 3.63) is 23.8 Å². The fraction of sp³-hybridized carbons (Fsp3) is 0.500. The average Bonchev–Trinajstić information content (AvgIpc) is 2.96. The first-order valence-electron chi connectivity index (χ1n) is 5.10. The Balaban J connectivity index is 2.25. The number of hydrogen-bond acceptors (Lipinski definition) is 3. The Labute approximate surface area is 94.6 Å². The van der Waals surface area contributed by atoms with Gasteiger partial charge in [0.2, 0.25) is 0 Å². The van der Waals surface area contributed by atoms with E-state index in [0.29, 0.717) is 6.42 Å². The van der Waals surface area contributed by atoms with Crippen LogP contribution in [0.4, 0.5) is 0 Å². The summed E-state index contributed by atoms with van der Waals surface area (Å²) in [5, 5.41) is 9.90. The molecule has 0 aliphatic heterocycles. The zero-order valence-corrected chi connectivity index (χ0v) is 9.93. The van der Waals surface area contributed by atoms with Gasteiger partial charge in [-0.1, -0.05) is 0 Å². The summed E-state index contributed by atoms with van der Waals surface area (Å²) in [6.45, 7) is 0. The van der Waals surface area contributed by atoms with Crippen molar-refractivity contribution in [2.24, 2.45) is 0 Å². The van der Waals surface area contributed by atoms with Crippen LogP contribution in [0.15, 0.2) is 23.1 Å². The molecule has 1 aliphatic carbocycles. The van der Waals surface area contributed by atoms with Crippen LogP contribution >= 0.6 is 11.8 Å². The highest BCUT2D eigenvalue weighted by atomic mass is 32.2. The Kier molecular flexibility index (Phi) is 2.94. The van der Waals surface area contributed by atoms with E-state index in [1.165, 1.54) is 4.90 Å². The van der Waals surface area contributed by atoms with Crippen molar-refractivity contribution in [1.29, 1.82) is 0 Å². The molecule has 82 valence electrons. The number of rotatable bonds is 4. The fourth-order valence-electron chi connectivity index (χ4n) is 1.70. The van der Waals surface area contributed by atoms with Gasteiger partial charge in [-0.3, -0.25) is 0 Å². The summed E-state index contributed by atoms with van der Waals surface area (Å²) < 4.78 is 5.30. The number of benzene rings is 1. The minimum atomic E-state index is -0.454. The van der Waals surface area contributed by atoms with E-state index < -0.39 is 5.60 Å². The van der Waals surface area contributed by atoms with Crippen LogP contribution in [-0.4, -0.2) is 24.1 Å². The smallest absolute Gasteiger partial charge is 0.122 e. The molecule has 0 saturated heterocycles. The van der Waals surface area contributed by atoms with Crippen LogP contribution in [0.3, 0.4) is 0 Å². The summed E-state index contributed by atoms with van der Waals surface area (Å²) in [5.41, 5.74) is 0.661. The molecule has 0 atom stereocenters. The zero-order valence-electron chi connectivity index (χ0n) is 9.12. The monoisotopic (exact) mass is 224 g/mol. The van der Waals surface area contributed by atoms with Gasteiger partial charge in [-0.2, -0.15) is 0 Å². The fourth-order valence-corrected chi connectivity index (χ4v) is 2.16. The van der Waals surface area contributed by atoms with Crippen molar-refractivity contribution in [2.75, 3.05) is 13.4 Å². The van der Waals surface area contributed by atoms with E-state index in [1.807, 2.05) is 12.1 Å². The highest BCUT2D eigenvalue weighted by molar-refractivity contribution is 7.98. The lowest BCUT2D eigenvalue weighted by molar-refractivity contribution is 0.150. The van der Waals surface area contributed by atoms with E-state index >= 15 is 0 Å². The van der Waals surface area contributed by atoms with Gasteiger partial charge in [0.05, 0.1) is 12.7 Å². The van der Waals surface area contributed by atoms with Gasteiger partial charge < -0.3 is 9.84 Å². The predicted octanol–water partition coefficient (Wildman–Crippen LogP) is 2.48. The molecule has 0 bridgehead atoms. The highest BCUT2D eigenvalue weighted by Gasteiger charge is 2.40. The van der Waals surface area contributed by atoms with Crippen LogP contribution in [0.1, 0.15) is 18.4 Å². The molecular formula is C12H16O2S. The first-order valence-corrected chi connectivity index (χ1v) is 6.33. The molecular weight excluding hydrogens is 208 g/mol. The summed E-state index contributed by atoms with van der Waals surface area (Å²) in [5.74, 6) is 0.883. The molecule has 15 heavy (non-hydrogen) atoms. The molecule has 3 heteroatoms. The predicted molar refractivity (Wildman–Crippen MR) is 62.7 cm³/mol. The largest absolute Gasteiger partial charge is 0.496 e. The molecule has 0 heterocycles. The molecule has 1 aromatic carbocycles. The van der Waals surface area contributed by atoms with Gasteiger partial charge in [0, 0.05) is 11.3 Å². The molecule has 0 amide bonds. The van der Waals surface area contributed by atoms with E-state index in [4.69, 9.17) is 4.74 Å². The van der Waals surface area contributed by atoms with Gasteiger partial charge in [-0.05, 0) is 42.9 Å². The van der Waals surface area contributed by atoms with E-state index in [9.17, 15) is 5.11 Å². The Hall–Kier alpha value is -0.670. The second kappa shape index (κ2) is 4.06. The van der Waals surface area contributed by atoms with Crippen molar-refractivity contribution in [1.82, 2.24) is 0 Å². The highest BCUT2D eigenvalue weighted by Crippen LogP contribution is 2.40. The quantitative estimate of drug-likeness (QED) is 0.797. The van der Waals surface area contributed by atoms with Gasteiger partial charge in [-0.15, -0.1) is 11.8 Å². The summed E-state index contributed by atoms with van der Waals surface area (Å²) in [7, 11) is 1.68. The van der Waals surface area contributed by atoms with E-state index in [-0.39, 0.29) is 0 Å². The van der Waals surface area contributed by atoms with Crippen LogP contribution in [-0.2, 0) is 6.42 Å². The van der Waals surface area contributed by atoms with Crippen molar-refractivity contribution in [3.8, 4) is 5.75 Å². The molecule has 2 nitrogen and oxygen atoms in total. The lowest BCUT2D eigenvalue weighted by Crippen LogP contribution is -2.11. The van der Waals surface area contributed by atoms with Crippen LogP contribution in [0, 0.1) is 0 Å². The lowest BCUT2D eigenvalue weighted by atomic mass is 10.1.